The number of primary amides is 1. The van der Waals surface area contributed by atoms with E-state index in [9.17, 15) is 4.79 Å². The zero-order valence-corrected chi connectivity index (χ0v) is 17.1. The van der Waals surface area contributed by atoms with Gasteiger partial charge < -0.3 is 11.1 Å². The molecule has 0 unspecified atom stereocenters. The van der Waals surface area contributed by atoms with Crippen molar-refractivity contribution in [1.82, 2.24) is 10.2 Å². The van der Waals surface area contributed by atoms with E-state index in [0.717, 1.165) is 19.0 Å². The van der Waals surface area contributed by atoms with Crippen molar-refractivity contribution in [2.75, 3.05) is 19.6 Å². The summed E-state index contributed by atoms with van der Waals surface area (Å²) in [6.07, 6.45) is 8.90. The summed E-state index contributed by atoms with van der Waals surface area (Å²) in [5.41, 5.74) is 7.41. The van der Waals surface area contributed by atoms with E-state index in [4.69, 9.17) is 5.73 Å². The summed E-state index contributed by atoms with van der Waals surface area (Å²) in [5, 5.41) is 3.66. The van der Waals surface area contributed by atoms with Gasteiger partial charge in [0, 0.05) is 17.6 Å². The first-order chi connectivity index (χ1) is 13.1. The third kappa shape index (κ3) is 5.11. The summed E-state index contributed by atoms with van der Waals surface area (Å²) in [7, 11) is 0. The molecule has 4 heteroatoms. The number of nitrogens with two attached hydrogens (primary N) is 1. The maximum atomic E-state index is 11.5. The Hall–Kier alpha value is -1.39. The molecule has 3 N–H and O–H groups in total. The number of fused-ring (bicyclic) bond motifs is 2. The van der Waals surface area contributed by atoms with Gasteiger partial charge in [0.2, 0.25) is 5.91 Å². The first kappa shape index (κ1) is 20.3. The van der Waals surface area contributed by atoms with Crippen LogP contribution in [0.25, 0.3) is 0 Å². The Kier molecular flexibility index (Phi) is 7.31. The number of amides is 1. The van der Waals surface area contributed by atoms with Gasteiger partial charge in [-0.3, -0.25) is 9.69 Å². The van der Waals surface area contributed by atoms with Crippen molar-refractivity contribution in [3.63, 3.8) is 0 Å². The molecule has 150 valence electrons. The van der Waals surface area contributed by atoms with Gasteiger partial charge in [-0.05, 0) is 81.3 Å². The second-order valence-electron chi connectivity index (χ2n) is 8.52. The third-order valence-corrected chi connectivity index (χ3v) is 6.88. The standard InChI is InChI=1S/C23H37N3O/c1-3-17(4-2)16-25-11-6-12-26-21-9-10-22(26)15-20(14-21)18-7-5-8-19(13-18)23(24)27/h5,7-8,13,17,20-22,25H,3-4,6,9-12,14-16H2,1-2H3,(H2,24,27)/t20-,21+,22-. The summed E-state index contributed by atoms with van der Waals surface area (Å²) in [6, 6.07) is 9.42. The highest BCUT2D eigenvalue weighted by Gasteiger charge is 2.40. The van der Waals surface area contributed by atoms with Crippen molar-refractivity contribution in [3.8, 4) is 0 Å². The topological polar surface area (TPSA) is 58.4 Å². The zero-order chi connectivity index (χ0) is 19.2. The highest BCUT2D eigenvalue weighted by Crippen LogP contribution is 2.43. The van der Waals surface area contributed by atoms with Gasteiger partial charge in [0.05, 0.1) is 0 Å². The Morgan fingerprint density at radius 2 is 1.93 bits per heavy atom. The first-order valence-electron chi connectivity index (χ1n) is 11.0. The molecular formula is C23H37N3O. The van der Waals surface area contributed by atoms with Crippen molar-refractivity contribution >= 4 is 5.91 Å². The Balaban J connectivity index is 1.48. The van der Waals surface area contributed by atoms with E-state index < -0.39 is 0 Å². The molecule has 1 amide bonds. The van der Waals surface area contributed by atoms with Crippen molar-refractivity contribution in [2.45, 2.75) is 76.8 Å². The highest BCUT2D eigenvalue weighted by atomic mass is 16.1. The van der Waals surface area contributed by atoms with Crippen LogP contribution in [0, 0.1) is 5.92 Å². The third-order valence-electron chi connectivity index (χ3n) is 6.88. The normalized spacial score (nSPS) is 25.2. The fraction of sp³-hybridized carbons (Fsp3) is 0.696. The van der Waals surface area contributed by atoms with Gasteiger partial charge in [-0.25, -0.2) is 0 Å². The summed E-state index contributed by atoms with van der Waals surface area (Å²) >= 11 is 0. The summed E-state index contributed by atoms with van der Waals surface area (Å²) < 4.78 is 0. The SMILES string of the molecule is CCC(CC)CNCCCN1[C@@H]2CC[C@H]1C[C@@H](c1cccc(C(N)=O)c1)C2. The molecule has 2 aliphatic rings. The molecule has 3 rings (SSSR count). The van der Waals surface area contributed by atoms with Crippen molar-refractivity contribution in [3.05, 3.63) is 35.4 Å². The Morgan fingerprint density at radius 3 is 2.56 bits per heavy atom. The quantitative estimate of drug-likeness (QED) is 0.613. The van der Waals surface area contributed by atoms with Crippen LogP contribution < -0.4 is 11.1 Å². The summed E-state index contributed by atoms with van der Waals surface area (Å²) in [4.78, 5) is 14.3. The lowest BCUT2D eigenvalue weighted by Gasteiger charge is -2.39. The average Bonchev–Trinajstić information content (AvgIpc) is 2.92. The van der Waals surface area contributed by atoms with Crippen molar-refractivity contribution in [1.29, 1.82) is 0 Å². The van der Waals surface area contributed by atoms with E-state index >= 15 is 0 Å². The molecule has 2 aliphatic heterocycles. The van der Waals surface area contributed by atoms with Crippen LogP contribution in [0.5, 0.6) is 0 Å². The van der Waals surface area contributed by atoms with E-state index in [-0.39, 0.29) is 5.91 Å². The van der Waals surface area contributed by atoms with E-state index in [1.54, 1.807) is 0 Å². The predicted octanol–water partition coefficient (Wildman–Crippen LogP) is 3.91. The molecule has 2 heterocycles. The minimum atomic E-state index is -0.321. The Bertz CT molecular complexity index is 599. The molecule has 1 aromatic rings. The molecule has 4 nitrogen and oxygen atoms in total. The van der Waals surface area contributed by atoms with Crippen LogP contribution in [0.1, 0.15) is 80.6 Å². The predicted molar refractivity (Wildman–Crippen MR) is 112 cm³/mol. The Labute approximate surface area is 164 Å². The maximum absolute atomic E-state index is 11.5. The van der Waals surface area contributed by atoms with E-state index in [2.05, 4.69) is 30.1 Å². The van der Waals surface area contributed by atoms with Crippen LogP contribution in [0.3, 0.4) is 0 Å². The largest absolute Gasteiger partial charge is 0.366 e. The lowest BCUT2D eigenvalue weighted by molar-refractivity contribution is 0.1000. The van der Waals surface area contributed by atoms with Gasteiger partial charge in [-0.15, -0.1) is 0 Å². The van der Waals surface area contributed by atoms with Crippen molar-refractivity contribution < 1.29 is 4.79 Å². The van der Waals surface area contributed by atoms with Gasteiger partial charge in [0.15, 0.2) is 0 Å². The number of nitrogens with zero attached hydrogens (tertiary/aromatic N) is 1. The number of benzene rings is 1. The number of carbonyl (C=O) groups is 1. The monoisotopic (exact) mass is 371 g/mol. The molecule has 0 radical (unpaired) electrons. The molecule has 3 atom stereocenters. The molecule has 0 aromatic heterocycles. The minimum absolute atomic E-state index is 0.321. The molecule has 1 aromatic carbocycles. The number of hydrogen-bond acceptors (Lipinski definition) is 3. The van der Waals surface area contributed by atoms with Crippen LogP contribution in [0.2, 0.25) is 0 Å². The number of piperidine rings is 1. The van der Waals surface area contributed by atoms with Crippen LogP contribution in [0.4, 0.5) is 0 Å². The highest BCUT2D eigenvalue weighted by molar-refractivity contribution is 5.92. The number of carbonyl (C=O) groups excluding carboxylic acids is 1. The van der Waals surface area contributed by atoms with Crippen LogP contribution in [-0.4, -0.2) is 42.5 Å². The minimum Gasteiger partial charge on any atom is -0.366 e. The molecule has 0 spiro atoms. The number of rotatable bonds is 10. The van der Waals surface area contributed by atoms with Gasteiger partial charge in [0.1, 0.15) is 0 Å². The number of nitrogens with one attached hydrogen (secondary N) is 1. The number of hydrogen-bond donors (Lipinski definition) is 2. The molecule has 2 fully saturated rings. The lowest BCUT2D eigenvalue weighted by atomic mass is 9.84. The second-order valence-corrected chi connectivity index (χ2v) is 8.52. The van der Waals surface area contributed by atoms with Gasteiger partial charge >= 0.3 is 0 Å². The van der Waals surface area contributed by atoms with Crippen molar-refractivity contribution in [2.24, 2.45) is 11.7 Å². The van der Waals surface area contributed by atoms with E-state index in [0.29, 0.717) is 23.6 Å². The molecule has 27 heavy (non-hydrogen) atoms. The maximum Gasteiger partial charge on any atom is 0.248 e. The Morgan fingerprint density at radius 1 is 1.22 bits per heavy atom. The zero-order valence-electron chi connectivity index (χ0n) is 17.1. The van der Waals surface area contributed by atoms with Gasteiger partial charge in [-0.2, -0.15) is 0 Å². The first-order valence-corrected chi connectivity index (χ1v) is 11.0. The van der Waals surface area contributed by atoms with Gasteiger partial charge in [0.25, 0.3) is 0 Å². The lowest BCUT2D eigenvalue weighted by Crippen LogP contribution is -2.43. The molecule has 2 saturated heterocycles. The van der Waals surface area contributed by atoms with Crippen LogP contribution in [0.15, 0.2) is 24.3 Å². The fourth-order valence-corrected chi connectivity index (χ4v) is 5.13. The van der Waals surface area contributed by atoms with Crippen LogP contribution in [-0.2, 0) is 0 Å². The van der Waals surface area contributed by atoms with Gasteiger partial charge in [-0.1, -0.05) is 38.8 Å². The van der Waals surface area contributed by atoms with E-state index in [1.807, 2.05) is 18.2 Å². The van der Waals surface area contributed by atoms with E-state index in [1.165, 1.54) is 57.1 Å². The average molecular weight is 372 g/mol. The molecule has 0 saturated carbocycles. The molecular weight excluding hydrogens is 334 g/mol. The molecule has 2 bridgehead atoms. The fourth-order valence-electron chi connectivity index (χ4n) is 5.13. The smallest absolute Gasteiger partial charge is 0.248 e. The summed E-state index contributed by atoms with van der Waals surface area (Å²) in [6.45, 7) is 8.10. The van der Waals surface area contributed by atoms with Crippen LogP contribution >= 0.6 is 0 Å². The second kappa shape index (κ2) is 9.70. The summed E-state index contributed by atoms with van der Waals surface area (Å²) in [5.74, 6) is 1.08. The molecule has 0 aliphatic carbocycles.